The number of aliphatic hydroxyl groups is 1. The van der Waals surface area contributed by atoms with Gasteiger partial charge in [-0.15, -0.1) is 0 Å². The van der Waals surface area contributed by atoms with Gasteiger partial charge in [0.05, 0.1) is 6.61 Å². The first kappa shape index (κ1) is 15.9. The Bertz CT molecular complexity index is 219. The zero-order valence-corrected chi connectivity index (χ0v) is 12.7. The molecule has 0 bridgehead atoms. The predicted molar refractivity (Wildman–Crippen MR) is 77.8 cm³/mol. The van der Waals surface area contributed by atoms with Gasteiger partial charge in [0.1, 0.15) is 0 Å². The van der Waals surface area contributed by atoms with Crippen molar-refractivity contribution < 1.29 is 5.11 Å². The fourth-order valence-corrected chi connectivity index (χ4v) is 2.95. The minimum Gasteiger partial charge on any atom is -0.395 e. The first-order valence-corrected chi connectivity index (χ1v) is 7.67. The van der Waals surface area contributed by atoms with E-state index in [-0.39, 0.29) is 12.6 Å². The maximum atomic E-state index is 9.41. The SMILES string of the molecule is CCCN1CCCC(C(C)NC(CO)C(C)C)C1. The van der Waals surface area contributed by atoms with E-state index in [1.807, 2.05) is 0 Å². The molecule has 0 aromatic heterocycles. The maximum Gasteiger partial charge on any atom is 0.0587 e. The average molecular weight is 256 g/mol. The first-order valence-electron chi connectivity index (χ1n) is 7.67. The van der Waals surface area contributed by atoms with Gasteiger partial charge in [0, 0.05) is 18.6 Å². The van der Waals surface area contributed by atoms with Crippen LogP contribution in [0.15, 0.2) is 0 Å². The Morgan fingerprint density at radius 1 is 1.33 bits per heavy atom. The molecule has 1 fully saturated rings. The molecule has 0 radical (unpaired) electrons. The smallest absolute Gasteiger partial charge is 0.0587 e. The van der Waals surface area contributed by atoms with Crippen LogP contribution in [0.4, 0.5) is 0 Å². The van der Waals surface area contributed by atoms with E-state index in [4.69, 9.17) is 0 Å². The summed E-state index contributed by atoms with van der Waals surface area (Å²) < 4.78 is 0. The van der Waals surface area contributed by atoms with Crippen LogP contribution < -0.4 is 5.32 Å². The zero-order chi connectivity index (χ0) is 13.5. The van der Waals surface area contributed by atoms with E-state index in [1.165, 1.54) is 38.9 Å². The molecule has 0 spiro atoms. The number of rotatable bonds is 7. The molecule has 0 saturated carbocycles. The molecule has 3 nitrogen and oxygen atoms in total. The van der Waals surface area contributed by atoms with Gasteiger partial charge in [0.25, 0.3) is 0 Å². The minimum absolute atomic E-state index is 0.238. The zero-order valence-electron chi connectivity index (χ0n) is 12.7. The molecular weight excluding hydrogens is 224 g/mol. The van der Waals surface area contributed by atoms with Crippen LogP contribution in [0.2, 0.25) is 0 Å². The van der Waals surface area contributed by atoms with Gasteiger partial charge in [-0.1, -0.05) is 20.8 Å². The minimum atomic E-state index is 0.238. The molecule has 1 aliphatic heterocycles. The van der Waals surface area contributed by atoms with Crippen molar-refractivity contribution in [1.82, 2.24) is 10.2 Å². The molecule has 1 aliphatic rings. The lowest BCUT2D eigenvalue weighted by atomic mass is 9.90. The topological polar surface area (TPSA) is 35.5 Å². The lowest BCUT2D eigenvalue weighted by molar-refractivity contribution is 0.130. The Kier molecular flexibility index (Phi) is 7.20. The maximum absolute atomic E-state index is 9.41. The van der Waals surface area contributed by atoms with Crippen molar-refractivity contribution in [2.24, 2.45) is 11.8 Å². The lowest BCUT2D eigenvalue weighted by Gasteiger charge is -2.37. The molecule has 2 N–H and O–H groups in total. The van der Waals surface area contributed by atoms with Crippen LogP contribution in [0, 0.1) is 11.8 Å². The van der Waals surface area contributed by atoms with E-state index in [0.29, 0.717) is 12.0 Å². The molecule has 3 heteroatoms. The summed E-state index contributed by atoms with van der Waals surface area (Å²) in [5, 5.41) is 13.0. The number of piperidine rings is 1. The molecule has 1 rings (SSSR count). The van der Waals surface area contributed by atoms with Crippen LogP contribution in [-0.4, -0.2) is 48.3 Å². The molecule has 0 amide bonds. The van der Waals surface area contributed by atoms with Gasteiger partial charge in [-0.2, -0.15) is 0 Å². The van der Waals surface area contributed by atoms with Crippen molar-refractivity contribution in [3.05, 3.63) is 0 Å². The third kappa shape index (κ3) is 4.87. The van der Waals surface area contributed by atoms with Gasteiger partial charge in [0.15, 0.2) is 0 Å². The Hall–Kier alpha value is -0.120. The third-order valence-electron chi connectivity index (χ3n) is 4.27. The van der Waals surface area contributed by atoms with Crippen LogP contribution in [0.25, 0.3) is 0 Å². The number of hydrogen-bond acceptors (Lipinski definition) is 3. The van der Waals surface area contributed by atoms with Crippen LogP contribution in [0.3, 0.4) is 0 Å². The van der Waals surface area contributed by atoms with E-state index in [1.54, 1.807) is 0 Å². The largest absolute Gasteiger partial charge is 0.395 e. The molecule has 3 atom stereocenters. The van der Waals surface area contributed by atoms with Crippen molar-refractivity contribution in [2.45, 2.75) is 59.0 Å². The fourth-order valence-electron chi connectivity index (χ4n) is 2.95. The summed E-state index contributed by atoms with van der Waals surface area (Å²) >= 11 is 0. The number of hydrogen-bond donors (Lipinski definition) is 2. The average Bonchev–Trinajstić information content (AvgIpc) is 2.36. The number of nitrogens with one attached hydrogen (secondary N) is 1. The molecule has 0 aromatic rings. The third-order valence-corrected chi connectivity index (χ3v) is 4.27. The highest BCUT2D eigenvalue weighted by Crippen LogP contribution is 2.20. The Morgan fingerprint density at radius 2 is 2.06 bits per heavy atom. The van der Waals surface area contributed by atoms with E-state index >= 15 is 0 Å². The molecule has 0 aromatic carbocycles. The van der Waals surface area contributed by atoms with Gasteiger partial charge in [0.2, 0.25) is 0 Å². The number of likely N-dealkylation sites (tertiary alicyclic amines) is 1. The first-order chi connectivity index (χ1) is 8.58. The molecule has 0 aliphatic carbocycles. The monoisotopic (exact) mass is 256 g/mol. The fraction of sp³-hybridized carbons (Fsp3) is 1.00. The van der Waals surface area contributed by atoms with Gasteiger partial charge < -0.3 is 15.3 Å². The Balaban J connectivity index is 2.42. The normalized spacial score (nSPS) is 25.3. The van der Waals surface area contributed by atoms with Gasteiger partial charge >= 0.3 is 0 Å². The van der Waals surface area contributed by atoms with Crippen molar-refractivity contribution >= 4 is 0 Å². The van der Waals surface area contributed by atoms with E-state index in [0.717, 1.165) is 5.92 Å². The summed E-state index contributed by atoms with van der Waals surface area (Å²) in [6, 6.07) is 0.741. The summed E-state index contributed by atoms with van der Waals surface area (Å²) in [6.07, 6.45) is 3.90. The Labute approximate surface area is 113 Å². The quantitative estimate of drug-likeness (QED) is 0.732. The molecule has 108 valence electrons. The molecular formula is C15H32N2O. The summed E-state index contributed by atoms with van der Waals surface area (Å²) in [6.45, 7) is 12.8. The van der Waals surface area contributed by atoms with Gasteiger partial charge in [-0.3, -0.25) is 0 Å². The van der Waals surface area contributed by atoms with Gasteiger partial charge in [-0.25, -0.2) is 0 Å². The van der Waals surface area contributed by atoms with Crippen molar-refractivity contribution in [1.29, 1.82) is 0 Å². The highest BCUT2D eigenvalue weighted by atomic mass is 16.3. The van der Waals surface area contributed by atoms with Crippen LogP contribution >= 0.6 is 0 Å². The van der Waals surface area contributed by atoms with Crippen LogP contribution in [-0.2, 0) is 0 Å². The van der Waals surface area contributed by atoms with Crippen LogP contribution in [0.5, 0.6) is 0 Å². The van der Waals surface area contributed by atoms with Crippen LogP contribution in [0.1, 0.15) is 47.0 Å². The van der Waals surface area contributed by atoms with Gasteiger partial charge in [-0.05, 0) is 51.1 Å². The van der Waals surface area contributed by atoms with E-state index < -0.39 is 0 Å². The predicted octanol–water partition coefficient (Wildman–Crippen LogP) is 2.10. The summed E-state index contributed by atoms with van der Waals surface area (Å²) in [7, 11) is 0. The molecule has 18 heavy (non-hydrogen) atoms. The second-order valence-corrected chi connectivity index (χ2v) is 6.19. The summed E-state index contributed by atoms with van der Waals surface area (Å²) in [5.41, 5.74) is 0. The van der Waals surface area contributed by atoms with Crippen molar-refractivity contribution in [3.8, 4) is 0 Å². The summed E-state index contributed by atoms with van der Waals surface area (Å²) in [5.74, 6) is 1.23. The number of aliphatic hydroxyl groups excluding tert-OH is 1. The standard InChI is InChI=1S/C15H32N2O/c1-5-8-17-9-6-7-14(10-17)13(4)16-15(11-18)12(2)3/h12-16,18H,5-11H2,1-4H3. The highest BCUT2D eigenvalue weighted by Gasteiger charge is 2.26. The Morgan fingerprint density at radius 3 is 2.61 bits per heavy atom. The molecule has 1 saturated heterocycles. The second kappa shape index (κ2) is 8.13. The lowest BCUT2D eigenvalue weighted by Crippen LogP contribution is -2.50. The highest BCUT2D eigenvalue weighted by molar-refractivity contribution is 4.83. The van der Waals surface area contributed by atoms with Crippen molar-refractivity contribution in [2.75, 3.05) is 26.2 Å². The number of nitrogens with zero attached hydrogens (tertiary/aromatic N) is 1. The van der Waals surface area contributed by atoms with E-state index in [9.17, 15) is 5.11 Å². The van der Waals surface area contributed by atoms with Crippen molar-refractivity contribution in [3.63, 3.8) is 0 Å². The summed E-state index contributed by atoms with van der Waals surface area (Å²) in [4.78, 5) is 2.59. The second-order valence-electron chi connectivity index (χ2n) is 6.19. The molecule has 1 heterocycles. The molecule has 3 unspecified atom stereocenters. The van der Waals surface area contributed by atoms with E-state index in [2.05, 4.69) is 37.9 Å².